The summed E-state index contributed by atoms with van der Waals surface area (Å²) in [6, 6.07) is 13.6. The summed E-state index contributed by atoms with van der Waals surface area (Å²) < 4.78 is 11.2. The minimum absolute atomic E-state index is 0.511. The van der Waals surface area contributed by atoms with Crippen LogP contribution in [0.3, 0.4) is 0 Å². The molecule has 2 aromatic carbocycles. The Kier molecular flexibility index (Phi) is 4.29. The second-order valence-corrected chi connectivity index (χ2v) is 4.53. The fourth-order valence-electron chi connectivity index (χ4n) is 1.69. The van der Waals surface area contributed by atoms with Crippen molar-refractivity contribution < 1.29 is 9.47 Å². The van der Waals surface area contributed by atoms with Crippen LogP contribution in [0.4, 0.5) is 5.69 Å². The summed E-state index contributed by atoms with van der Waals surface area (Å²) in [5.41, 5.74) is 8.78. The molecule has 0 aliphatic carbocycles. The van der Waals surface area contributed by atoms with Crippen LogP contribution in [0.1, 0.15) is 11.1 Å². The van der Waals surface area contributed by atoms with Gasteiger partial charge < -0.3 is 15.2 Å². The van der Waals surface area contributed by atoms with Crippen LogP contribution in [-0.2, 0) is 0 Å². The van der Waals surface area contributed by atoms with E-state index in [1.807, 2.05) is 49.4 Å². The Hall–Kier alpha value is -2.16. The number of anilines is 1. The molecule has 3 heteroatoms. The molecule has 0 atom stereocenters. The fraction of sp³-hybridized carbons (Fsp3) is 0.250. The van der Waals surface area contributed by atoms with Crippen molar-refractivity contribution in [3.63, 3.8) is 0 Å². The molecule has 0 amide bonds. The summed E-state index contributed by atoms with van der Waals surface area (Å²) in [4.78, 5) is 0. The van der Waals surface area contributed by atoms with Crippen LogP contribution in [0.25, 0.3) is 0 Å². The molecule has 0 aromatic heterocycles. The molecule has 2 rings (SSSR count). The van der Waals surface area contributed by atoms with Gasteiger partial charge in [-0.1, -0.05) is 17.7 Å². The van der Waals surface area contributed by atoms with Gasteiger partial charge in [0.05, 0.1) is 0 Å². The maximum absolute atomic E-state index is 5.75. The van der Waals surface area contributed by atoms with Crippen LogP contribution in [0.2, 0.25) is 0 Å². The van der Waals surface area contributed by atoms with Crippen LogP contribution in [0.5, 0.6) is 11.5 Å². The van der Waals surface area contributed by atoms with Gasteiger partial charge in [-0.3, -0.25) is 0 Å². The molecule has 0 bridgehead atoms. The van der Waals surface area contributed by atoms with Crippen molar-refractivity contribution in [1.29, 1.82) is 0 Å². The molecule has 2 aromatic rings. The Bertz CT molecular complexity index is 535. The van der Waals surface area contributed by atoms with E-state index in [0.29, 0.717) is 13.2 Å². The predicted molar refractivity (Wildman–Crippen MR) is 77.8 cm³/mol. The van der Waals surface area contributed by atoms with Gasteiger partial charge in [0.2, 0.25) is 0 Å². The zero-order valence-electron chi connectivity index (χ0n) is 11.3. The molecule has 19 heavy (non-hydrogen) atoms. The van der Waals surface area contributed by atoms with Gasteiger partial charge >= 0.3 is 0 Å². The van der Waals surface area contributed by atoms with Crippen LogP contribution in [0, 0.1) is 13.8 Å². The first kappa shape index (κ1) is 13.3. The van der Waals surface area contributed by atoms with E-state index < -0.39 is 0 Å². The lowest BCUT2D eigenvalue weighted by molar-refractivity contribution is 0.217. The molecule has 2 N–H and O–H groups in total. The van der Waals surface area contributed by atoms with E-state index in [4.69, 9.17) is 15.2 Å². The summed E-state index contributed by atoms with van der Waals surface area (Å²) in [6.07, 6.45) is 0. The minimum atomic E-state index is 0.511. The Morgan fingerprint density at radius 3 is 2.05 bits per heavy atom. The van der Waals surface area contributed by atoms with Gasteiger partial charge in [-0.05, 0) is 49.7 Å². The van der Waals surface area contributed by atoms with E-state index in [1.54, 1.807) is 0 Å². The lowest BCUT2D eigenvalue weighted by atomic mass is 10.2. The third kappa shape index (κ3) is 3.91. The SMILES string of the molecule is Cc1ccc(OCCOc2ccc(N)c(C)c2)cc1. The number of hydrogen-bond acceptors (Lipinski definition) is 3. The molecule has 0 radical (unpaired) electrons. The molecule has 0 unspecified atom stereocenters. The largest absolute Gasteiger partial charge is 0.490 e. The van der Waals surface area contributed by atoms with Gasteiger partial charge in [-0.25, -0.2) is 0 Å². The maximum Gasteiger partial charge on any atom is 0.122 e. The van der Waals surface area contributed by atoms with Crippen molar-refractivity contribution in [1.82, 2.24) is 0 Å². The Labute approximate surface area is 114 Å². The quantitative estimate of drug-likeness (QED) is 0.660. The second kappa shape index (κ2) is 6.14. The standard InChI is InChI=1S/C16H19NO2/c1-12-3-5-14(6-4-12)18-9-10-19-15-7-8-16(17)13(2)11-15/h3-8,11H,9-10,17H2,1-2H3. The van der Waals surface area contributed by atoms with Gasteiger partial charge in [0, 0.05) is 5.69 Å². The zero-order valence-corrected chi connectivity index (χ0v) is 11.3. The molecule has 0 saturated heterocycles. The number of benzene rings is 2. The molecule has 3 nitrogen and oxygen atoms in total. The average molecular weight is 257 g/mol. The average Bonchev–Trinajstić information content (AvgIpc) is 2.41. The van der Waals surface area contributed by atoms with Crippen LogP contribution in [-0.4, -0.2) is 13.2 Å². The first-order valence-corrected chi connectivity index (χ1v) is 6.33. The van der Waals surface area contributed by atoms with Gasteiger partial charge in [0.1, 0.15) is 24.7 Å². The highest BCUT2D eigenvalue weighted by Crippen LogP contribution is 2.18. The van der Waals surface area contributed by atoms with Crippen molar-refractivity contribution >= 4 is 5.69 Å². The fourth-order valence-corrected chi connectivity index (χ4v) is 1.69. The highest BCUT2D eigenvalue weighted by Gasteiger charge is 1.98. The van der Waals surface area contributed by atoms with Crippen LogP contribution >= 0.6 is 0 Å². The zero-order chi connectivity index (χ0) is 13.7. The first-order chi connectivity index (χ1) is 9.15. The number of rotatable bonds is 5. The highest BCUT2D eigenvalue weighted by molar-refractivity contribution is 5.49. The van der Waals surface area contributed by atoms with E-state index in [1.165, 1.54) is 5.56 Å². The number of ether oxygens (including phenoxy) is 2. The highest BCUT2D eigenvalue weighted by atomic mass is 16.5. The van der Waals surface area contributed by atoms with E-state index in [9.17, 15) is 0 Å². The van der Waals surface area contributed by atoms with E-state index in [2.05, 4.69) is 6.92 Å². The van der Waals surface area contributed by atoms with Gasteiger partial charge in [0.15, 0.2) is 0 Å². The topological polar surface area (TPSA) is 44.5 Å². The maximum atomic E-state index is 5.75. The molecule has 0 spiro atoms. The number of hydrogen-bond donors (Lipinski definition) is 1. The second-order valence-electron chi connectivity index (χ2n) is 4.53. The summed E-state index contributed by atoms with van der Waals surface area (Å²) in [6.45, 7) is 5.05. The summed E-state index contributed by atoms with van der Waals surface area (Å²) in [7, 11) is 0. The molecule has 0 aliphatic heterocycles. The lowest BCUT2D eigenvalue weighted by Crippen LogP contribution is -2.09. The van der Waals surface area contributed by atoms with Gasteiger partial charge in [-0.2, -0.15) is 0 Å². The number of nitrogen functional groups attached to an aromatic ring is 1. The van der Waals surface area contributed by atoms with Crippen molar-refractivity contribution in [2.24, 2.45) is 0 Å². The Balaban J connectivity index is 1.77. The van der Waals surface area contributed by atoms with Crippen molar-refractivity contribution in [3.8, 4) is 11.5 Å². The number of aryl methyl sites for hydroxylation is 2. The summed E-state index contributed by atoms with van der Waals surface area (Å²) in [5, 5.41) is 0. The van der Waals surface area contributed by atoms with E-state index >= 15 is 0 Å². The molecule has 0 heterocycles. The van der Waals surface area contributed by atoms with E-state index in [-0.39, 0.29) is 0 Å². The molecule has 0 fully saturated rings. The van der Waals surface area contributed by atoms with Gasteiger partial charge in [0.25, 0.3) is 0 Å². The summed E-state index contributed by atoms with van der Waals surface area (Å²) >= 11 is 0. The lowest BCUT2D eigenvalue weighted by Gasteiger charge is -2.09. The molecular weight excluding hydrogens is 238 g/mol. The van der Waals surface area contributed by atoms with Crippen molar-refractivity contribution in [3.05, 3.63) is 53.6 Å². The third-order valence-corrected chi connectivity index (χ3v) is 2.88. The molecule has 0 saturated carbocycles. The Morgan fingerprint density at radius 2 is 1.42 bits per heavy atom. The normalized spacial score (nSPS) is 10.2. The smallest absolute Gasteiger partial charge is 0.122 e. The van der Waals surface area contributed by atoms with Crippen LogP contribution in [0.15, 0.2) is 42.5 Å². The van der Waals surface area contributed by atoms with Gasteiger partial charge in [-0.15, -0.1) is 0 Å². The molecule has 100 valence electrons. The minimum Gasteiger partial charge on any atom is -0.490 e. The van der Waals surface area contributed by atoms with E-state index in [0.717, 1.165) is 22.7 Å². The van der Waals surface area contributed by atoms with Crippen molar-refractivity contribution in [2.75, 3.05) is 18.9 Å². The predicted octanol–water partition coefficient (Wildman–Crippen LogP) is 3.34. The number of nitrogens with two attached hydrogens (primary N) is 1. The molecular formula is C16H19NO2. The monoisotopic (exact) mass is 257 g/mol. The third-order valence-electron chi connectivity index (χ3n) is 2.88. The summed E-state index contributed by atoms with van der Waals surface area (Å²) in [5.74, 6) is 1.68. The molecule has 0 aliphatic rings. The Morgan fingerprint density at radius 1 is 0.842 bits per heavy atom. The first-order valence-electron chi connectivity index (χ1n) is 6.33. The van der Waals surface area contributed by atoms with Crippen molar-refractivity contribution in [2.45, 2.75) is 13.8 Å². The van der Waals surface area contributed by atoms with Crippen LogP contribution < -0.4 is 15.2 Å².